The summed E-state index contributed by atoms with van der Waals surface area (Å²) in [4.78, 5) is 12.2. The highest BCUT2D eigenvalue weighted by molar-refractivity contribution is 7.93. The van der Waals surface area contributed by atoms with Crippen LogP contribution in [0.25, 0.3) is 0 Å². The Hall–Kier alpha value is -0.580. The van der Waals surface area contributed by atoms with Crippen LogP contribution in [0.15, 0.2) is 18.2 Å². The lowest BCUT2D eigenvalue weighted by molar-refractivity contribution is 0.0991. The smallest absolute Gasteiger partial charge is 0.182 e. The van der Waals surface area contributed by atoms with Crippen LogP contribution in [-0.2, 0) is 9.84 Å². The third-order valence-corrected chi connectivity index (χ3v) is 6.40. The van der Waals surface area contributed by atoms with Crippen molar-refractivity contribution in [3.63, 3.8) is 0 Å². The standard InChI is InChI=1S/C13H16Cl2O3S/c1-4-8(2)19(17,18)9(3)13(16)11-6-5-10(14)7-12(11)15/h5-9H,4H2,1-3H3. The van der Waals surface area contributed by atoms with Crippen molar-refractivity contribution in [2.45, 2.75) is 37.7 Å². The van der Waals surface area contributed by atoms with Gasteiger partial charge in [-0.25, -0.2) is 8.42 Å². The fourth-order valence-corrected chi connectivity index (χ4v) is 3.73. The summed E-state index contributed by atoms with van der Waals surface area (Å²) < 4.78 is 24.3. The van der Waals surface area contributed by atoms with Gasteiger partial charge in [0.2, 0.25) is 0 Å². The number of hydrogen-bond acceptors (Lipinski definition) is 3. The average molecular weight is 323 g/mol. The Bertz CT molecular complexity index is 582. The van der Waals surface area contributed by atoms with Gasteiger partial charge >= 0.3 is 0 Å². The highest BCUT2D eigenvalue weighted by Gasteiger charge is 2.33. The minimum atomic E-state index is -3.50. The van der Waals surface area contributed by atoms with E-state index in [4.69, 9.17) is 23.2 Å². The van der Waals surface area contributed by atoms with Crippen LogP contribution in [0.5, 0.6) is 0 Å². The molecular formula is C13H16Cl2O3S. The van der Waals surface area contributed by atoms with Gasteiger partial charge in [0.25, 0.3) is 0 Å². The van der Waals surface area contributed by atoms with Crippen molar-refractivity contribution in [2.75, 3.05) is 0 Å². The predicted molar refractivity (Wildman–Crippen MR) is 78.9 cm³/mol. The molecule has 0 fully saturated rings. The molecule has 1 rings (SSSR count). The molecule has 2 atom stereocenters. The number of ketones is 1. The Morgan fingerprint density at radius 3 is 2.32 bits per heavy atom. The van der Waals surface area contributed by atoms with Crippen LogP contribution in [0.4, 0.5) is 0 Å². The fraction of sp³-hybridized carbons (Fsp3) is 0.462. The van der Waals surface area contributed by atoms with E-state index in [9.17, 15) is 13.2 Å². The van der Waals surface area contributed by atoms with Gasteiger partial charge in [-0.1, -0.05) is 30.1 Å². The molecule has 0 saturated heterocycles. The van der Waals surface area contributed by atoms with E-state index < -0.39 is 26.1 Å². The van der Waals surface area contributed by atoms with Crippen molar-refractivity contribution in [2.24, 2.45) is 0 Å². The SMILES string of the molecule is CCC(C)S(=O)(=O)C(C)C(=O)c1ccc(Cl)cc1Cl. The van der Waals surface area contributed by atoms with Gasteiger partial charge in [-0.2, -0.15) is 0 Å². The molecule has 0 heterocycles. The fourth-order valence-electron chi connectivity index (χ4n) is 1.64. The molecule has 19 heavy (non-hydrogen) atoms. The summed E-state index contributed by atoms with van der Waals surface area (Å²) >= 11 is 11.7. The van der Waals surface area contributed by atoms with Gasteiger partial charge in [0.05, 0.1) is 10.3 Å². The van der Waals surface area contributed by atoms with Crippen molar-refractivity contribution in [1.82, 2.24) is 0 Å². The van der Waals surface area contributed by atoms with Gasteiger partial charge in [0.15, 0.2) is 15.6 Å². The Balaban J connectivity index is 3.13. The van der Waals surface area contributed by atoms with Crippen LogP contribution < -0.4 is 0 Å². The maximum atomic E-state index is 12.2. The largest absolute Gasteiger partial charge is 0.293 e. The summed E-state index contributed by atoms with van der Waals surface area (Å²) in [6.07, 6.45) is 0.467. The molecule has 3 nitrogen and oxygen atoms in total. The van der Waals surface area contributed by atoms with E-state index in [1.807, 2.05) is 0 Å². The van der Waals surface area contributed by atoms with E-state index >= 15 is 0 Å². The number of halogens is 2. The van der Waals surface area contributed by atoms with Crippen LogP contribution in [0.2, 0.25) is 10.0 Å². The molecule has 6 heteroatoms. The number of carbonyl (C=O) groups excluding carboxylic acids is 1. The third-order valence-electron chi connectivity index (χ3n) is 3.19. The number of benzene rings is 1. The van der Waals surface area contributed by atoms with Crippen LogP contribution >= 0.6 is 23.2 Å². The van der Waals surface area contributed by atoms with E-state index in [1.54, 1.807) is 13.8 Å². The first-order chi connectivity index (χ1) is 8.71. The number of sulfone groups is 1. The highest BCUT2D eigenvalue weighted by atomic mass is 35.5. The summed E-state index contributed by atoms with van der Waals surface area (Å²) in [6.45, 7) is 4.77. The lowest BCUT2D eigenvalue weighted by Gasteiger charge is -2.17. The molecule has 0 bridgehead atoms. The lowest BCUT2D eigenvalue weighted by Crippen LogP contribution is -2.34. The van der Waals surface area contributed by atoms with E-state index in [2.05, 4.69) is 0 Å². The van der Waals surface area contributed by atoms with Crippen LogP contribution in [-0.4, -0.2) is 24.7 Å². The molecule has 0 aliphatic carbocycles. The third kappa shape index (κ3) is 3.50. The second-order valence-corrected chi connectivity index (χ2v) is 7.97. The first-order valence-electron chi connectivity index (χ1n) is 5.93. The zero-order valence-corrected chi connectivity index (χ0v) is 13.3. The lowest BCUT2D eigenvalue weighted by atomic mass is 10.1. The van der Waals surface area contributed by atoms with Crippen LogP contribution in [0.1, 0.15) is 37.6 Å². The van der Waals surface area contributed by atoms with Crippen molar-refractivity contribution < 1.29 is 13.2 Å². The average Bonchev–Trinajstić information content (AvgIpc) is 2.35. The van der Waals surface area contributed by atoms with E-state index in [0.29, 0.717) is 11.4 Å². The predicted octanol–water partition coefficient (Wildman–Crippen LogP) is 3.78. The van der Waals surface area contributed by atoms with Gasteiger partial charge in [0.1, 0.15) is 5.25 Å². The van der Waals surface area contributed by atoms with Gasteiger partial charge < -0.3 is 0 Å². The van der Waals surface area contributed by atoms with Crippen LogP contribution in [0, 0.1) is 0 Å². The zero-order valence-electron chi connectivity index (χ0n) is 11.0. The van der Waals surface area contributed by atoms with E-state index in [0.717, 1.165) is 0 Å². The zero-order chi connectivity index (χ0) is 14.8. The number of rotatable bonds is 5. The van der Waals surface area contributed by atoms with Gasteiger partial charge in [0, 0.05) is 10.6 Å². The van der Waals surface area contributed by atoms with E-state index in [1.165, 1.54) is 25.1 Å². The molecule has 0 aliphatic rings. The molecule has 0 saturated carbocycles. The molecular weight excluding hydrogens is 307 g/mol. The molecule has 1 aromatic rings. The first kappa shape index (κ1) is 16.5. The Morgan fingerprint density at radius 2 is 1.84 bits per heavy atom. The first-order valence-corrected chi connectivity index (χ1v) is 8.30. The van der Waals surface area contributed by atoms with Gasteiger partial charge in [-0.15, -0.1) is 0 Å². The summed E-state index contributed by atoms with van der Waals surface area (Å²) in [5.41, 5.74) is 0.186. The molecule has 1 aromatic carbocycles. The Morgan fingerprint density at radius 1 is 1.26 bits per heavy atom. The summed E-state index contributed by atoms with van der Waals surface area (Å²) in [7, 11) is -3.50. The normalized spacial score (nSPS) is 15.0. The van der Waals surface area contributed by atoms with E-state index in [-0.39, 0.29) is 10.6 Å². The monoisotopic (exact) mass is 322 g/mol. The second-order valence-electron chi connectivity index (χ2n) is 4.44. The quantitative estimate of drug-likeness (QED) is 0.775. The minimum Gasteiger partial charge on any atom is -0.293 e. The van der Waals surface area contributed by atoms with Gasteiger partial charge in [-0.3, -0.25) is 4.79 Å². The molecule has 0 amide bonds. The summed E-state index contributed by atoms with van der Waals surface area (Å²) in [5, 5.41) is -1.10. The molecule has 106 valence electrons. The van der Waals surface area contributed by atoms with Crippen molar-refractivity contribution in [3.8, 4) is 0 Å². The molecule has 0 aliphatic heterocycles. The van der Waals surface area contributed by atoms with Crippen molar-refractivity contribution in [1.29, 1.82) is 0 Å². The highest BCUT2D eigenvalue weighted by Crippen LogP contribution is 2.25. The maximum absolute atomic E-state index is 12.2. The summed E-state index contributed by atoms with van der Waals surface area (Å²) in [5.74, 6) is -0.498. The number of Topliss-reactive ketones (excluding diaryl/α,β-unsaturated/α-hetero) is 1. The second kappa shape index (κ2) is 6.25. The van der Waals surface area contributed by atoms with Crippen molar-refractivity contribution in [3.05, 3.63) is 33.8 Å². The molecule has 0 spiro atoms. The molecule has 0 radical (unpaired) electrons. The maximum Gasteiger partial charge on any atom is 0.182 e. The van der Waals surface area contributed by atoms with Crippen molar-refractivity contribution >= 4 is 38.8 Å². The summed E-state index contributed by atoms with van der Waals surface area (Å²) in [6, 6.07) is 4.40. The molecule has 0 aromatic heterocycles. The molecule has 0 N–H and O–H groups in total. The Labute approximate surface area is 123 Å². The minimum absolute atomic E-state index is 0.170. The van der Waals surface area contributed by atoms with Gasteiger partial charge in [-0.05, 0) is 38.5 Å². The van der Waals surface area contributed by atoms with Crippen LogP contribution in [0.3, 0.4) is 0 Å². The number of carbonyl (C=O) groups is 1. The Kier molecular flexibility index (Phi) is 5.42. The molecule has 2 unspecified atom stereocenters. The topological polar surface area (TPSA) is 51.2 Å². The number of hydrogen-bond donors (Lipinski definition) is 0.